The number of carbonyl (C=O) groups excluding carboxylic acids is 1. The van der Waals surface area contributed by atoms with E-state index in [1.165, 1.54) is 0 Å². The number of hydrogen-bond acceptors (Lipinski definition) is 7. The Hall–Kier alpha value is -2.12. The molecule has 0 aliphatic rings. The van der Waals surface area contributed by atoms with Crippen LogP contribution in [0.5, 0.6) is 6.01 Å². The van der Waals surface area contributed by atoms with Crippen LogP contribution in [0, 0.1) is 0 Å². The summed E-state index contributed by atoms with van der Waals surface area (Å²) < 4.78 is 5.15. The zero-order chi connectivity index (χ0) is 13.8. The predicted molar refractivity (Wildman–Crippen MR) is 66.9 cm³/mol. The van der Waals surface area contributed by atoms with Gasteiger partial charge >= 0.3 is 6.01 Å². The number of anilines is 2. The Morgan fingerprint density at radius 1 is 1.39 bits per heavy atom. The number of hydrogen-bond donors (Lipinski definition) is 3. The summed E-state index contributed by atoms with van der Waals surface area (Å²) in [5, 5.41) is 2.97. The van der Waals surface area contributed by atoms with Gasteiger partial charge in [-0.05, 0) is 20.8 Å². The van der Waals surface area contributed by atoms with Crippen molar-refractivity contribution >= 4 is 17.8 Å². The highest BCUT2D eigenvalue weighted by Crippen LogP contribution is 2.16. The molecule has 5 N–H and O–H groups in total. The SMILES string of the molecule is CCOc1nc(N)nc(NC(C)(C)CC(N)=O)n1. The van der Waals surface area contributed by atoms with Crippen LogP contribution >= 0.6 is 0 Å². The van der Waals surface area contributed by atoms with Crippen molar-refractivity contribution in [3.8, 4) is 6.01 Å². The van der Waals surface area contributed by atoms with E-state index in [0.29, 0.717) is 6.61 Å². The maximum absolute atomic E-state index is 10.9. The van der Waals surface area contributed by atoms with Crippen molar-refractivity contribution in [2.75, 3.05) is 17.7 Å². The van der Waals surface area contributed by atoms with Gasteiger partial charge in [0.25, 0.3) is 0 Å². The molecule has 8 heteroatoms. The van der Waals surface area contributed by atoms with Gasteiger partial charge in [-0.3, -0.25) is 4.79 Å². The highest BCUT2D eigenvalue weighted by atomic mass is 16.5. The Labute approximate surface area is 105 Å². The number of amides is 1. The maximum atomic E-state index is 10.9. The molecule has 0 atom stereocenters. The summed E-state index contributed by atoms with van der Waals surface area (Å²) in [5.74, 6) is -0.123. The first-order valence-electron chi connectivity index (χ1n) is 5.53. The molecular formula is C10H18N6O2. The highest BCUT2D eigenvalue weighted by Gasteiger charge is 2.22. The fourth-order valence-electron chi connectivity index (χ4n) is 1.40. The standard InChI is InChI=1S/C10H18N6O2/c1-4-18-9-14-7(12)13-8(15-9)16-10(2,3)5-6(11)17/h4-5H2,1-3H3,(H2,11,17)(H3,12,13,14,15,16). The summed E-state index contributed by atoms with van der Waals surface area (Å²) in [5.41, 5.74) is 10.1. The average molecular weight is 254 g/mol. The van der Waals surface area contributed by atoms with Gasteiger partial charge in [0.1, 0.15) is 0 Å². The van der Waals surface area contributed by atoms with Crippen molar-refractivity contribution in [1.82, 2.24) is 15.0 Å². The molecule has 0 aliphatic carbocycles. The Bertz CT molecular complexity index is 434. The minimum Gasteiger partial charge on any atom is -0.464 e. The molecule has 0 spiro atoms. The topological polar surface area (TPSA) is 129 Å². The number of nitrogens with one attached hydrogen (secondary N) is 1. The van der Waals surface area contributed by atoms with E-state index in [9.17, 15) is 4.79 Å². The molecule has 0 saturated heterocycles. The van der Waals surface area contributed by atoms with E-state index in [1.54, 1.807) is 13.8 Å². The molecule has 0 bridgehead atoms. The molecule has 1 aromatic rings. The molecule has 1 amide bonds. The van der Waals surface area contributed by atoms with Crippen molar-refractivity contribution in [3.05, 3.63) is 0 Å². The van der Waals surface area contributed by atoms with Gasteiger partial charge in [0.15, 0.2) is 0 Å². The van der Waals surface area contributed by atoms with Gasteiger partial charge in [0.2, 0.25) is 17.8 Å². The van der Waals surface area contributed by atoms with Crippen molar-refractivity contribution in [1.29, 1.82) is 0 Å². The highest BCUT2D eigenvalue weighted by molar-refractivity contribution is 5.75. The number of aromatic nitrogens is 3. The van der Waals surface area contributed by atoms with E-state index < -0.39 is 11.4 Å². The molecule has 1 heterocycles. The third-order valence-corrected chi connectivity index (χ3v) is 1.97. The van der Waals surface area contributed by atoms with Gasteiger partial charge in [-0.2, -0.15) is 15.0 Å². The lowest BCUT2D eigenvalue weighted by Gasteiger charge is -2.24. The van der Waals surface area contributed by atoms with E-state index >= 15 is 0 Å². The summed E-state index contributed by atoms with van der Waals surface area (Å²) in [6.45, 7) is 5.84. The normalized spacial score (nSPS) is 11.1. The van der Waals surface area contributed by atoms with Gasteiger partial charge in [-0.1, -0.05) is 0 Å². The molecule has 0 aliphatic heterocycles. The lowest BCUT2D eigenvalue weighted by Crippen LogP contribution is -2.36. The van der Waals surface area contributed by atoms with E-state index in [2.05, 4.69) is 20.3 Å². The molecule has 18 heavy (non-hydrogen) atoms. The summed E-state index contributed by atoms with van der Waals surface area (Å²) >= 11 is 0. The first kappa shape index (κ1) is 13.9. The number of rotatable bonds is 6. The minimum atomic E-state index is -0.580. The Morgan fingerprint density at radius 3 is 2.61 bits per heavy atom. The summed E-state index contributed by atoms with van der Waals surface area (Å²) in [4.78, 5) is 22.7. The van der Waals surface area contributed by atoms with Crippen LogP contribution in [0.4, 0.5) is 11.9 Å². The number of carbonyl (C=O) groups is 1. The Kier molecular flexibility index (Phi) is 4.24. The molecule has 1 aromatic heterocycles. The molecule has 1 rings (SSSR count). The lowest BCUT2D eigenvalue weighted by atomic mass is 10.0. The predicted octanol–water partition coefficient (Wildman–Crippen LogP) is -0.0816. The number of nitrogen functional groups attached to an aromatic ring is 1. The van der Waals surface area contributed by atoms with E-state index in [0.717, 1.165) is 0 Å². The summed E-state index contributed by atoms with van der Waals surface area (Å²) in [6.07, 6.45) is 0.141. The van der Waals surface area contributed by atoms with E-state index in [1.807, 2.05) is 6.92 Å². The third-order valence-electron chi connectivity index (χ3n) is 1.97. The summed E-state index contributed by atoms with van der Waals surface area (Å²) in [6, 6.07) is 0.141. The zero-order valence-corrected chi connectivity index (χ0v) is 10.7. The molecule has 0 fully saturated rings. The van der Waals surface area contributed by atoms with Crippen LogP contribution < -0.4 is 21.5 Å². The number of primary amides is 1. The number of nitrogens with two attached hydrogens (primary N) is 2. The van der Waals surface area contributed by atoms with Gasteiger partial charge < -0.3 is 21.5 Å². The lowest BCUT2D eigenvalue weighted by molar-refractivity contribution is -0.118. The average Bonchev–Trinajstić information content (AvgIpc) is 2.12. The smallest absolute Gasteiger partial charge is 0.323 e. The Balaban J connectivity index is 2.86. The second kappa shape index (κ2) is 5.48. The molecule has 0 saturated carbocycles. The largest absolute Gasteiger partial charge is 0.464 e. The zero-order valence-electron chi connectivity index (χ0n) is 10.7. The molecule has 0 unspecified atom stereocenters. The van der Waals surface area contributed by atoms with Crippen LogP contribution in [0.2, 0.25) is 0 Å². The fourth-order valence-corrected chi connectivity index (χ4v) is 1.40. The molecule has 8 nitrogen and oxygen atoms in total. The summed E-state index contributed by atoms with van der Waals surface area (Å²) in [7, 11) is 0. The van der Waals surface area contributed by atoms with Gasteiger partial charge in [-0.15, -0.1) is 0 Å². The monoisotopic (exact) mass is 254 g/mol. The number of nitrogens with zero attached hydrogens (tertiary/aromatic N) is 3. The van der Waals surface area contributed by atoms with Crippen molar-refractivity contribution in [2.45, 2.75) is 32.7 Å². The Morgan fingerprint density at radius 2 is 2.06 bits per heavy atom. The van der Waals surface area contributed by atoms with E-state index in [4.69, 9.17) is 16.2 Å². The van der Waals surface area contributed by atoms with Crippen LogP contribution in [0.15, 0.2) is 0 Å². The minimum absolute atomic E-state index is 0.0471. The van der Waals surface area contributed by atoms with Crippen molar-refractivity contribution < 1.29 is 9.53 Å². The second-order valence-electron chi connectivity index (χ2n) is 4.38. The molecule has 100 valence electrons. The first-order valence-corrected chi connectivity index (χ1v) is 5.53. The quantitative estimate of drug-likeness (QED) is 0.647. The van der Waals surface area contributed by atoms with E-state index in [-0.39, 0.29) is 24.3 Å². The van der Waals surface area contributed by atoms with Gasteiger partial charge in [0, 0.05) is 12.0 Å². The second-order valence-corrected chi connectivity index (χ2v) is 4.38. The van der Waals surface area contributed by atoms with Gasteiger partial charge in [0.05, 0.1) is 6.61 Å². The molecular weight excluding hydrogens is 236 g/mol. The molecule has 0 aromatic carbocycles. The maximum Gasteiger partial charge on any atom is 0.323 e. The van der Waals surface area contributed by atoms with Gasteiger partial charge in [-0.25, -0.2) is 0 Å². The van der Waals surface area contributed by atoms with Crippen LogP contribution in [-0.4, -0.2) is 33.0 Å². The fraction of sp³-hybridized carbons (Fsp3) is 0.600. The van der Waals surface area contributed by atoms with Crippen molar-refractivity contribution in [3.63, 3.8) is 0 Å². The van der Waals surface area contributed by atoms with Crippen LogP contribution in [0.1, 0.15) is 27.2 Å². The molecule has 0 radical (unpaired) electrons. The van der Waals surface area contributed by atoms with Crippen LogP contribution in [0.3, 0.4) is 0 Å². The first-order chi connectivity index (χ1) is 8.32. The van der Waals surface area contributed by atoms with Crippen molar-refractivity contribution in [2.24, 2.45) is 5.73 Å². The third kappa shape index (κ3) is 4.40. The van der Waals surface area contributed by atoms with Crippen LogP contribution in [0.25, 0.3) is 0 Å². The number of ether oxygens (including phenoxy) is 1. The van der Waals surface area contributed by atoms with Crippen LogP contribution in [-0.2, 0) is 4.79 Å².